The first kappa shape index (κ1) is 52.9. The molecule has 57 heavy (non-hydrogen) atoms. The fourth-order valence-electron chi connectivity index (χ4n) is 6.52. The molecule has 1 heterocycles. The van der Waals surface area contributed by atoms with E-state index in [1.807, 2.05) is 12.2 Å². The van der Waals surface area contributed by atoms with Gasteiger partial charge < -0.3 is 34.3 Å². The monoisotopic (exact) mass is 831 g/mol. The van der Waals surface area contributed by atoms with Crippen LogP contribution in [0.15, 0.2) is 36.5 Å². The minimum atomic E-state index is -4.61. The van der Waals surface area contributed by atoms with E-state index in [2.05, 4.69) is 38.2 Å². The fraction of sp³-hybridized carbons (Fsp3) is 0.818. The molecule has 1 aliphatic rings. The van der Waals surface area contributed by atoms with Gasteiger partial charge in [0.25, 0.3) is 10.1 Å². The first-order valence-corrected chi connectivity index (χ1v) is 23.7. The number of rotatable bonds is 36. The minimum Gasteiger partial charge on any atom is -0.462 e. The van der Waals surface area contributed by atoms with Crippen molar-refractivity contribution in [3.8, 4) is 0 Å². The van der Waals surface area contributed by atoms with Crippen LogP contribution in [-0.2, 0) is 38.7 Å². The third-order valence-electron chi connectivity index (χ3n) is 9.97. The van der Waals surface area contributed by atoms with Crippen LogP contribution in [0.25, 0.3) is 0 Å². The molecule has 2 unspecified atom stereocenters. The van der Waals surface area contributed by atoms with Crippen LogP contribution < -0.4 is 0 Å². The van der Waals surface area contributed by atoms with Crippen LogP contribution in [0.4, 0.5) is 0 Å². The molecule has 0 aromatic rings. The van der Waals surface area contributed by atoms with Gasteiger partial charge in [-0.2, -0.15) is 8.42 Å². The summed E-state index contributed by atoms with van der Waals surface area (Å²) in [5.74, 6) is -2.05. The molecule has 332 valence electrons. The topological polar surface area (TPSA) is 186 Å². The maximum atomic E-state index is 12.8. The summed E-state index contributed by atoms with van der Waals surface area (Å²) in [4.78, 5) is 25.3. The summed E-state index contributed by atoms with van der Waals surface area (Å²) in [5.41, 5.74) is 0. The Morgan fingerprint density at radius 3 is 1.61 bits per heavy atom. The number of allylic oxidation sites excluding steroid dienone is 6. The first-order chi connectivity index (χ1) is 27.5. The lowest BCUT2D eigenvalue weighted by atomic mass is 10.00. The van der Waals surface area contributed by atoms with Gasteiger partial charge >= 0.3 is 11.9 Å². The van der Waals surface area contributed by atoms with Gasteiger partial charge in [-0.1, -0.05) is 153 Å². The molecule has 12 nitrogen and oxygen atoms in total. The van der Waals surface area contributed by atoms with E-state index in [9.17, 15) is 37.9 Å². The van der Waals surface area contributed by atoms with Crippen molar-refractivity contribution < 1.29 is 56.8 Å². The number of esters is 2. The molecule has 0 radical (unpaired) electrons. The summed E-state index contributed by atoms with van der Waals surface area (Å²) in [5, 5.41) is 30.8. The highest BCUT2D eigenvalue weighted by molar-refractivity contribution is 7.85. The average Bonchev–Trinajstić information content (AvgIpc) is 3.17. The maximum absolute atomic E-state index is 12.8. The molecule has 0 aliphatic carbocycles. The first-order valence-electron chi connectivity index (χ1n) is 22.0. The number of aliphatic hydroxyl groups excluding tert-OH is 3. The van der Waals surface area contributed by atoms with Gasteiger partial charge in [0.2, 0.25) is 0 Å². The lowest BCUT2D eigenvalue weighted by Gasteiger charge is -2.40. The van der Waals surface area contributed by atoms with Gasteiger partial charge in [0.1, 0.15) is 36.8 Å². The Hall–Kier alpha value is -2.13. The van der Waals surface area contributed by atoms with Gasteiger partial charge in [-0.15, -0.1) is 0 Å². The van der Waals surface area contributed by atoms with Crippen molar-refractivity contribution >= 4 is 22.1 Å². The molecule has 13 heteroatoms. The second kappa shape index (κ2) is 34.7. The second-order valence-corrected chi connectivity index (χ2v) is 16.9. The third-order valence-corrected chi connectivity index (χ3v) is 10.7. The zero-order chi connectivity index (χ0) is 42.0. The maximum Gasteiger partial charge on any atom is 0.306 e. The molecule has 6 atom stereocenters. The van der Waals surface area contributed by atoms with Gasteiger partial charge in [0, 0.05) is 12.8 Å². The molecule has 1 saturated heterocycles. The van der Waals surface area contributed by atoms with E-state index < -0.39 is 71.2 Å². The van der Waals surface area contributed by atoms with Crippen molar-refractivity contribution in [2.75, 3.05) is 19.0 Å². The quantitative estimate of drug-likeness (QED) is 0.0204. The van der Waals surface area contributed by atoms with Crippen molar-refractivity contribution in [2.24, 2.45) is 0 Å². The summed E-state index contributed by atoms with van der Waals surface area (Å²) in [6.07, 6.45) is 29.2. The fourth-order valence-corrected chi connectivity index (χ4v) is 7.21. The van der Waals surface area contributed by atoms with Crippen molar-refractivity contribution in [3.63, 3.8) is 0 Å². The Morgan fingerprint density at radius 2 is 1.07 bits per heavy atom. The third kappa shape index (κ3) is 29.7. The molecule has 0 aromatic heterocycles. The van der Waals surface area contributed by atoms with Crippen molar-refractivity contribution in [1.82, 2.24) is 0 Å². The standard InChI is InChI=1S/C44H78O12S/c1-3-5-7-9-11-13-15-17-18-19-20-21-23-25-27-29-31-33-40(46)55-37(35-54-44-43(49)42(48)41(47)38(56-44)36-57(50,51)52)34-53-39(45)32-30-28-26-24-22-16-14-12-10-8-6-4-2/h17-18,20-21,25,27,37-38,41-44,47-49H,3-16,19,22-24,26,28-36H2,1-2H3,(H,50,51,52)/b18-17+,21-20+,27-25+/t37-,38-,41-,42?,43?,44+/m1/s1. The highest BCUT2D eigenvalue weighted by Crippen LogP contribution is 2.24. The zero-order valence-electron chi connectivity index (χ0n) is 35.2. The number of unbranched alkanes of at least 4 members (excludes halogenated alkanes) is 18. The van der Waals surface area contributed by atoms with E-state index in [0.29, 0.717) is 19.3 Å². The van der Waals surface area contributed by atoms with Crippen molar-refractivity contribution in [2.45, 2.75) is 211 Å². The Balaban J connectivity index is 2.51. The van der Waals surface area contributed by atoms with Crippen LogP contribution in [0.3, 0.4) is 0 Å². The molecular formula is C44H78O12S. The molecule has 1 rings (SSSR count). The van der Waals surface area contributed by atoms with E-state index in [1.165, 1.54) is 89.9 Å². The minimum absolute atomic E-state index is 0.0940. The second-order valence-electron chi connectivity index (χ2n) is 15.4. The Labute approximate surface area is 344 Å². The summed E-state index contributed by atoms with van der Waals surface area (Å²) < 4.78 is 53.9. The van der Waals surface area contributed by atoms with Gasteiger partial charge in [-0.25, -0.2) is 0 Å². The summed E-state index contributed by atoms with van der Waals surface area (Å²) in [7, 11) is -4.61. The predicted molar refractivity (Wildman–Crippen MR) is 224 cm³/mol. The molecule has 0 spiro atoms. The summed E-state index contributed by atoms with van der Waals surface area (Å²) in [6.45, 7) is 3.70. The average molecular weight is 831 g/mol. The van der Waals surface area contributed by atoms with E-state index in [1.54, 1.807) is 0 Å². The lowest BCUT2D eigenvalue weighted by molar-refractivity contribution is -0.297. The number of ether oxygens (including phenoxy) is 4. The molecule has 0 bridgehead atoms. The van der Waals surface area contributed by atoms with Crippen LogP contribution in [0.5, 0.6) is 0 Å². The van der Waals surface area contributed by atoms with E-state index in [0.717, 1.165) is 38.5 Å². The molecule has 1 aliphatic heterocycles. The number of carbonyl (C=O) groups excluding carboxylic acids is 2. The highest BCUT2D eigenvalue weighted by atomic mass is 32.2. The van der Waals surface area contributed by atoms with E-state index >= 15 is 0 Å². The lowest BCUT2D eigenvalue weighted by Crippen LogP contribution is -2.60. The van der Waals surface area contributed by atoms with Gasteiger partial charge in [0.15, 0.2) is 12.4 Å². The highest BCUT2D eigenvalue weighted by Gasteiger charge is 2.46. The molecule has 0 amide bonds. The molecule has 4 N–H and O–H groups in total. The van der Waals surface area contributed by atoms with Gasteiger partial charge in [0.05, 0.1) is 6.61 Å². The Morgan fingerprint density at radius 1 is 0.596 bits per heavy atom. The van der Waals surface area contributed by atoms with Crippen LogP contribution in [0.1, 0.15) is 174 Å². The number of hydrogen-bond donors (Lipinski definition) is 4. The van der Waals surface area contributed by atoms with E-state index in [-0.39, 0.29) is 19.4 Å². The van der Waals surface area contributed by atoms with E-state index in [4.69, 9.17) is 18.9 Å². The van der Waals surface area contributed by atoms with Crippen LogP contribution in [-0.4, -0.2) is 96.0 Å². The largest absolute Gasteiger partial charge is 0.462 e. The van der Waals surface area contributed by atoms with Gasteiger partial charge in [-0.3, -0.25) is 14.1 Å². The number of hydrogen-bond acceptors (Lipinski definition) is 11. The van der Waals surface area contributed by atoms with Gasteiger partial charge in [-0.05, 0) is 44.9 Å². The normalized spacial score (nSPS) is 20.8. The van der Waals surface area contributed by atoms with Crippen LogP contribution in [0, 0.1) is 0 Å². The Kier molecular flexibility index (Phi) is 32.2. The molecular weight excluding hydrogens is 753 g/mol. The molecule has 0 aromatic carbocycles. The molecule has 1 fully saturated rings. The Bertz CT molecular complexity index is 1200. The summed E-state index contributed by atoms with van der Waals surface area (Å²) in [6, 6.07) is 0. The van der Waals surface area contributed by atoms with Crippen LogP contribution >= 0.6 is 0 Å². The van der Waals surface area contributed by atoms with Crippen molar-refractivity contribution in [3.05, 3.63) is 36.5 Å². The van der Waals surface area contributed by atoms with Crippen molar-refractivity contribution in [1.29, 1.82) is 0 Å². The number of carbonyl (C=O) groups is 2. The predicted octanol–water partition coefficient (Wildman–Crippen LogP) is 8.61. The zero-order valence-corrected chi connectivity index (χ0v) is 36.0. The van der Waals surface area contributed by atoms with Crippen LogP contribution in [0.2, 0.25) is 0 Å². The summed E-state index contributed by atoms with van der Waals surface area (Å²) >= 11 is 0. The smallest absolute Gasteiger partial charge is 0.306 e. The molecule has 0 saturated carbocycles. The number of aliphatic hydroxyl groups is 3. The SMILES string of the molecule is CCCCCCCC/C=C/C/C=C/C/C=C/CCCC(=O)O[C@H](COC(=O)CCCCCCCCCCCCCC)CO[C@H]1O[C@H](CS(=O)(=O)O)[C@@H](O)C(O)C1O.